The van der Waals surface area contributed by atoms with Gasteiger partial charge in [-0.25, -0.2) is 0 Å². The summed E-state index contributed by atoms with van der Waals surface area (Å²) in [5.74, 6) is 0. The van der Waals surface area contributed by atoms with Gasteiger partial charge in [0.05, 0.1) is 0 Å². The van der Waals surface area contributed by atoms with E-state index in [9.17, 15) is 4.79 Å². The molecule has 0 bridgehead atoms. The average molecular weight is 249 g/mol. The molecule has 4 heteroatoms. The van der Waals surface area contributed by atoms with Crippen molar-refractivity contribution in [2.75, 3.05) is 5.32 Å². The van der Waals surface area contributed by atoms with Crippen LogP contribution in [0.1, 0.15) is 5.56 Å². The van der Waals surface area contributed by atoms with Gasteiger partial charge in [-0.3, -0.25) is 4.79 Å². The number of anilines is 1. The molecular formula is C8H7BrClNO. The summed E-state index contributed by atoms with van der Waals surface area (Å²) in [6, 6.07) is 5.49. The normalized spacial score (nSPS) is 9.58. The maximum atomic E-state index is 10.4. The molecular weight excluding hydrogens is 241 g/mol. The Balaban J connectivity index is 2.89. The van der Waals surface area contributed by atoms with Gasteiger partial charge in [-0.1, -0.05) is 22.0 Å². The van der Waals surface area contributed by atoms with Crippen LogP contribution in [-0.4, -0.2) is 5.37 Å². The molecule has 1 amide bonds. The second-order valence-corrected chi connectivity index (χ2v) is 3.56. The SMILES string of the molecule is Cc1ccc(NC(=O)Cl)cc1Br. The monoisotopic (exact) mass is 247 g/mol. The van der Waals surface area contributed by atoms with Crippen LogP contribution in [0.5, 0.6) is 0 Å². The van der Waals surface area contributed by atoms with Gasteiger partial charge in [-0.2, -0.15) is 0 Å². The van der Waals surface area contributed by atoms with E-state index in [1.807, 2.05) is 13.0 Å². The standard InChI is InChI=1S/C8H7BrClNO/c1-5-2-3-6(4-7(5)9)11-8(10)12/h2-4H,1H3,(H,11,12). The Morgan fingerprint density at radius 1 is 1.58 bits per heavy atom. The van der Waals surface area contributed by atoms with Crippen molar-refractivity contribution in [3.8, 4) is 0 Å². The van der Waals surface area contributed by atoms with Crippen molar-refractivity contribution in [1.82, 2.24) is 0 Å². The number of rotatable bonds is 1. The Morgan fingerprint density at radius 2 is 2.25 bits per heavy atom. The van der Waals surface area contributed by atoms with E-state index in [4.69, 9.17) is 11.6 Å². The van der Waals surface area contributed by atoms with Gasteiger partial charge in [0, 0.05) is 10.2 Å². The number of benzene rings is 1. The van der Waals surface area contributed by atoms with E-state index in [-0.39, 0.29) is 0 Å². The molecule has 0 spiro atoms. The lowest BCUT2D eigenvalue weighted by atomic mass is 10.2. The maximum Gasteiger partial charge on any atom is 0.318 e. The number of halogens is 2. The zero-order valence-electron chi connectivity index (χ0n) is 6.40. The number of aryl methyl sites for hydroxylation is 1. The first-order chi connectivity index (χ1) is 5.59. The molecule has 0 aliphatic carbocycles. The van der Waals surface area contributed by atoms with Gasteiger partial charge < -0.3 is 5.32 Å². The van der Waals surface area contributed by atoms with E-state index in [0.29, 0.717) is 5.69 Å². The first-order valence-electron chi connectivity index (χ1n) is 3.32. The fraction of sp³-hybridized carbons (Fsp3) is 0.125. The van der Waals surface area contributed by atoms with Gasteiger partial charge in [0.25, 0.3) is 0 Å². The van der Waals surface area contributed by atoms with Gasteiger partial charge in [0.15, 0.2) is 0 Å². The predicted molar refractivity (Wildman–Crippen MR) is 53.8 cm³/mol. The molecule has 0 heterocycles. The van der Waals surface area contributed by atoms with Crippen molar-refractivity contribution in [3.63, 3.8) is 0 Å². The van der Waals surface area contributed by atoms with E-state index >= 15 is 0 Å². The van der Waals surface area contributed by atoms with E-state index in [0.717, 1.165) is 10.0 Å². The van der Waals surface area contributed by atoms with Crippen LogP contribution in [-0.2, 0) is 0 Å². The average Bonchev–Trinajstić information content (AvgIpc) is 1.96. The Kier molecular flexibility index (Phi) is 3.12. The van der Waals surface area contributed by atoms with Crippen LogP contribution in [0.15, 0.2) is 22.7 Å². The molecule has 2 nitrogen and oxygen atoms in total. The van der Waals surface area contributed by atoms with Crippen LogP contribution < -0.4 is 5.32 Å². The molecule has 1 N–H and O–H groups in total. The van der Waals surface area contributed by atoms with Gasteiger partial charge in [-0.05, 0) is 36.2 Å². The Bertz CT molecular complexity index is 314. The van der Waals surface area contributed by atoms with Crippen molar-refractivity contribution in [3.05, 3.63) is 28.2 Å². The molecule has 0 fully saturated rings. The summed E-state index contributed by atoms with van der Waals surface area (Å²) < 4.78 is 0.949. The minimum Gasteiger partial charge on any atom is -0.312 e. The second kappa shape index (κ2) is 3.92. The summed E-state index contributed by atoms with van der Waals surface area (Å²) in [4.78, 5) is 10.4. The Labute approximate surface area is 84.0 Å². The van der Waals surface area contributed by atoms with Crippen LogP contribution in [0, 0.1) is 6.92 Å². The van der Waals surface area contributed by atoms with Gasteiger partial charge >= 0.3 is 5.37 Å². The topological polar surface area (TPSA) is 29.1 Å². The highest BCUT2D eigenvalue weighted by Gasteiger charge is 1.99. The number of nitrogens with one attached hydrogen (secondary N) is 1. The van der Waals surface area contributed by atoms with E-state index in [1.165, 1.54) is 0 Å². The van der Waals surface area contributed by atoms with Crippen molar-refractivity contribution < 1.29 is 4.79 Å². The fourth-order valence-electron chi connectivity index (χ4n) is 0.784. The first kappa shape index (κ1) is 9.55. The van der Waals surface area contributed by atoms with Crippen LogP contribution in [0.25, 0.3) is 0 Å². The lowest BCUT2D eigenvalue weighted by molar-refractivity contribution is 0.269. The lowest BCUT2D eigenvalue weighted by Crippen LogP contribution is -2.00. The van der Waals surface area contributed by atoms with E-state index in [1.54, 1.807) is 12.1 Å². The Hall–Kier alpha value is -0.540. The van der Waals surface area contributed by atoms with Crippen molar-refractivity contribution in [2.45, 2.75) is 6.92 Å². The third-order valence-corrected chi connectivity index (χ3v) is 2.36. The second-order valence-electron chi connectivity index (χ2n) is 2.36. The molecule has 0 atom stereocenters. The summed E-state index contributed by atoms with van der Waals surface area (Å²) in [6.07, 6.45) is 0. The lowest BCUT2D eigenvalue weighted by Gasteiger charge is -2.02. The summed E-state index contributed by atoms with van der Waals surface area (Å²) in [5, 5.41) is 1.89. The largest absolute Gasteiger partial charge is 0.318 e. The van der Waals surface area contributed by atoms with Crippen LogP contribution in [0.3, 0.4) is 0 Å². The number of hydrogen-bond donors (Lipinski definition) is 1. The highest BCUT2D eigenvalue weighted by atomic mass is 79.9. The number of hydrogen-bond acceptors (Lipinski definition) is 1. The number of carbonyl (C=O) groups is 1. The molecule has 0 saturated heterocycles. The smallest absolute Gasteiger partial charge is 0.312 e. The van der Waals surface area contributed by atoms with E-state index in [2.05, 4.69) is 21.2 Å². The van der Waals surface area contributed by atoms with Crippen LogP contribution in [0.4, 0.5) is 10.5 Å². The highest BCUT2D eigenvalue weighted by Crippen LogP contribution is 2.20. The third-order valence-electron chi connectivity index (χ3n) is 1.41. The minimum atomic E-state index is -0.578. The number of carbonyl (C=O) groups excluding carboxylic acids is 1. The molecule has 1 rings (SSSR count). The van der Waals surface area contributed by atoms with Gasteiger partial charge in [0.2, 0.25) is 0 Å². The van der Waals surface area contributed by atoms with Gasteiger partial charge in [-0.15, -0.1) is 0 Å². The zero-order chi connectivity index (χ0) is 9.14. The van der Waals surface area contributed by atoms with Crippen LogP contribution in [0.2, 0.25) is 0 Å². The molecule has 0 radical (unpaired) electrons. The maximum absolute atomic E-state index is 10.4. The summed E-state index contributed by atoms with van der Waals surface area (Å²) >= 11 is 8.48. The fourth-order valence-corrected chi connectivity index (χ4v) is 1.27. The van der Waals surface area contributed by atoms with E-state index < -0.39 is 5.37 Å². The van der Waals surface area contributed by atoms with Crippen LogP contribution >= 0.6 is 27.5 Å². The molecule has 0 aliphatic heterocycles. The summed E-state index contributed by atoms with van der Waals surface area (Å²) in [7, 11) is 0. The zero-order valence-corrected chi connectivity index (χ0v) is 8.74. The molecule has 0 saturated carbocycles. The Morgan fingerprint density at radius 3 is 2.75 bits per heavy atom. The summed E-state index contributed by atoms with van der Waals surface area (Å²) in [5.41, 5.74) is 1.80. The molecule has 1 aromatic rings. The molecule has 64 valence electrons. The quantitative estimate of drug-likeness (QED) is 0.598. The highest BCUT2D eigenvalue weighted by molar-refractivity contribution is 9.10. The summed E-state index contributed by atoms with van der Waals surface area (Å²) in [6.45, 7) is 1.97. The van der Waals surface area contributed by atoms with Crippen molar-refractivity contribution >= 4 is 38.6 Å². The predicted octanol–water partition coefficient (Wildman–Crippen LogP) is 3.53. The van der Waals surface area contributed by atoms with Gasteiger partial charge in [0.1, 0.15) is 0 Å². The molecule has 0 aliphatic rings. The first-order valence-corrected chi connectivity index (χ1v) is 4.49. The minimum absolute atomic E-state index is 0.578. The third kappa shape index (κ3) is 2.50. The molecule has 12 heavy (non-hydrogen) atoms. The number of amides is 1. The molecule has 0 unspecified atom stereocenters. The van der Waals surface area contributed by atoms with Crippen molar-refractivity contribution in [2.24, 2.45) is 0 Å². The molecule has 0 aromatic heterocycles. The van der Waals surface area contributed by atoms with Crippen molar-refractivity contribution in [1.29, 1.82) is 0 Å². The molecule has 1 aromatic carbocycles.